The van der Waals surface area contributed by atoms with Crippen molar-refractivity contribution in [2.24, 2.45) is 17.3 Å². The molecule has 0 aromatic rings. The highest BCUT2D eigenvalue weighted by Gasteiger charge is 2.60. The molecule has 3 heterocycles. The summed E-state index contributed by atoms with van der Waals surface area (Å²) in [6.45, 7) is 8.94. The Morgan fingerprint density at radius 3 is 2.27 bits per heavy atom. The van der Waals surface area contributed by atoms with E-state index in [2.05, 4.69) is 0 Å². The lowest BCUT2D eigenvalue weighted by Crippen LogP contribution is -2.63. The fraction of sp³-hybridized carbons (Fsp3) is 0.724. The number of nitrogens with zero attached hydrogens (tertiary/aromatic N) is 3. The summed E-state index contributed by atoms with van der Waals surface area (Å²) in [6, 6.07) is -1.38. The van der Waals surface area contributed by atoms with E-state index in [-0.39, 0.29) is 36.9 Å². The second-order valence-electron chi connectivity index (χ2n) is 12.4. The molecule has 0 spiro atoms. The van der Waals surface area contributed by atoms with Gasteiger partial charge in [-0.25, -0.2) is 9.59 Å². The Hall–Kier alpha value is -3.33. The highest BCUT2D eigenvalue weighted by atomic mass is 32.2. The van der Waals surface area contributed by atoms with E-state index in [0.717, 1.165) is 0 Å². The Kier molecular flexibility index (Phi) is 11.3. The topological polar surface area (TPSA) is 169 Å². The Morgan fingerprint density at radius 1 is 1.07 bits per heavy atom. The van der Waals surface area contributed by atoms with Gasteiger partial charge in [0.05, 0.1) is 23.5 Å². The lowest BCUT2D eigenvalue weighted by atomic mass is 9.79. The van der Waals surface area contributed by atoms with Crippen molar-refractivity contribution in [3.05, 3.63) is 10.6 Å². The number of aliphatic hydroxyl groups is 1. The Labute approximate surface area is 261 Å². The lowest BCUT2D eigenvalue weighted by Gasteiger charge is -2.46. The van der Waals surface area contributed by atoms with Crippen LogP contribution >= 0.6 is 11.8 Å². The van der Waals surface area contributed by atoms with Crippen LogP contribution in [0.4, 0.5) is 4.79 Å². The zero-order valence-electron chi connectivity index (χ0n) is 26.5. The lowest BCUT2D eigenvalue weighted by molar-refractivity contribution is -0.175. The molecule has 14 nitrogen and oxygen atoms in total. The third kappa shape index (κ3) is 7.48. The molecule has 6 atom stereocenters. The van der Waals surface area contributed by atoms with E-state index < -0.39 is 78.3 Å². The molecule has 0 bridgehead atoms. The van der Waals surface area contributed by atoms with Crippen LogP contribution in [0.1, 0.15) is 60.8 Å². The van der Waals surface area contributed by atoms with E-state index in [4.69, 9.17) is 18.9 Å². The van der Waals surface area contributed by atoms with Gasteiger partial charge in [-0.15, -0.1) is 11.8 Å². The van der Waals surface area contributed by atoms with Gasteiger partial charge in [0.15, 0.2) is 0 Å². The number of likely N-dealkylation sites (N-methyl/N-ethyl adjacent to an activating group) is 1. The second-order valence-corrected chi connectivity index (χ2v) is 13.7. The second kappa shape index (κ2) is 14.2. The number of aliphatic hydroxyl groups excluding tert-OH is 1. The van der Waals surface area contributed by atoms with Crippen molar-refractivity contribution in [3.63, 3.8) is 0 Å². The minimum absolute atomic E-state index is 0.0134. The van der Waals surface area contributed by atoms with Crippen LogP contribution in [0.3, 0.4) is 0 Å². The summed E-state index contributed by atoms with van der Waals surface area (Å²) in [5.41, 5.74) is -0.828. The number of ether oxygens (including phenoxy) is 4. The molecule has 3 aliphatic heterocycles. The predicted molar refractivity (Wildman–Crippen MR) is 156 cm³/mol. The van der Waals surface area contributed by atoms with E-state index in [9.17, 15) is 33.9 Å². The number of carbonyl (C=O) groups excluding carboxylic acids is 6. The zero-order chi connectivity index (χ0) is 33.1. The fourth-order valence-corrected chi connectivity index (χ4v) is 6.91. The van der Waals surface area contributed by atoms with Gasteiger partial charge in [0.1, 0.15) is 11.7 Å². The molecule has 0 unspecified atom stereocenters. The van der Waals surface area contributed by atoms with Crippen LogP contribution in [0, 0.1) is 17.3 Å². The van der Waals surface area contributed by atoms with Crippen LogP contribution in [-0.4, -0.2) is 113 Å². The van der Waals surface area contributed by atoms with E-state index >= 15 is 0 Å². The molecule has 2 saturated heterocycles. The normalized spacial score (nSPS) is 25.2. The first-order valence-corrected chi connectivity index (χ1v) is 15.5. The fourth-order valence-electron chi connectivity index (χ4n) is 5.39. The highest BCUT2D eigenvalue weighted by molar-refractivity contribution is 8.03. The maximum Gasteiger partial charge on any atom is 0.413 e. The van der Waals surface area contributed by atoms with Gasteiger partial charge in [-0.1, -0.05) is 13.8 Å². The average Bonchev–Trinajstić information content (AvgIpc) is 3.45. The first kappa shape index (κ1) is 35.2. The van der Waals surface area contributed by atoms with Gasteiger partial charge in [-0.2, -0.15) is 0 Å². The minimum Gasteiger partial charge on any atom is -0.428 e. The summed E-state index contributed by atoms with van der Waals surface area (Å²) in [5, 5.41) is 9.89. The van der Waals surface area contributed by atoms with Gasteiger partial charge in [0, 0.05) is 43.1 Å². The number of rotatable bonds is 11. The molecule has 44 heavy (non-hydrogen) atoms. The molecular weight excluding hydrogens is 598 g/mol. The summed E-state index contributed by atoms with van der Waals surface area (Å²) in [4.78, 5) is 80.7. The molecule has 3 rings (SSSR count). The Morgan fingerprint density at radius 2 is 1.70 bits per heavy atom. The zero-order valence-corrected chi connectivity index (χ0v) is 27.3. The molecule has 3 amide bonds. The van der Waals surface area contributed by atoms with Gasteiger partial charge < -0.3 is 33.9 Å². The van der Waals surface area contributed by atoms with Crippen LogP contribution in [0.2, 0.25) is 0 Å². The summed E-state index contributed by atoms with van der Waals surface area (Å²) < 4.78 is 20.4. The third-order valence-electron chi connectivity index (χ3n) is 7.67. The van der Waals surface area contributed by atoms with Crippen molar-refractivity contribution in [1.29, 1.82) is 0 Å². The molecule has 2 fully saturated rings. The van der Waals surface area contributed by atoms with E-state index in [0.29, 0.717) is 11.3 Å². The van der Waals surface area contributed by atoms with Crippen molar-refractivity contribution in [2.45, 2.75) is 84.2 Å². The predicted octanol–water partition coefficient (Wildman–Crippen LogP) is 1.85. The third-order valence-corrected chi connectivity index (χ3v) is 9.16. The number of esters is 3. The average molecular weight is 642 g/mol. The van der Waals surface area contributed by atoms with Gasteiger partial charge in [-0.3, -0.25) is 24.1 Å². The van der Waals surface area contributed by atoms with E-state index in [1.807, 2.05) is 13.8 Å². The first-order chi connectivity index (χ1) is 20.5. The van der Waals surface area contributed by atoms with Crippen LogP contribution in [0.15, 0.2) is 10.6 Å². The molecule has 0 aromatic carbocycles. The summed E-state index contributed by atoms with van der Waals surface area (Å²) in [5.74, 6) is -3.83. The van der Waals surface area contributed by atoms with Gasteiger partial charge in [0.25, 0.3) is 0 Å². The van der Waals surface area contributed by atoms with E-state index in [1.54, 1.807) is 34.9 Å². The molecule has 0 aromatic heterocycles. The van der Waals surface area contributed by atoms with Crippen LogP contribution in [-0.2, 0) is 42.9 Å². The summed E-state index contributed by atoms with van der Waals surface area (Å²) >= 11 is 1.25. The molecule has 3 aliphatic rings. The van der Waals surface area contributed by atoms with Crippen LogP contribution < -0.4 is 0 Å². The number of thioether (sulfide) groups is 1. The minimum atomic E-state index is -0.953. The maximum absolute atomic E-state index is 13.3. The number of hydrogen-bond donors (Lipinski definition) is 1. The molecule has 246 valence electrons. The van der Waals surface area contributed by atoms with Crippen molar-refractivity contribution in [2.75, 3.05) is 34.2 Å². The molecule has 0 saturated carbocycles. The number of fused-ring (bicyclic) bond motifs is 1. The van der Waals surface area contributed by atoms with Gasteiger partial charge in [-0.05, 0) is 40.5 Å². The van der Waals surface area contributed by atoms with Crippen molar-refractivity contribution >= 4 is 47.6 Å². The quantitative estimate of drug-likeness (QED) is 0.198. The number of β-lactam (4-membered cyclic amide) rings is 1. The van der Waals surface area contributed by atoms with E-state index in [1.165, 1.54) is 33.4 Å². The number of amides is 3. The monoisotopic (exact) mass is 641 g/mol. The van der Waals surface area contributed by atoms with Gasteiger partial charge in [0.2, 0.25) is 25.4 Å². The van der Waals surface area contributed by atoms with Crippen molar-refractivity contribution in [1.82, 2.24) is 14.7 Å². The molecule has 15 heteroatoms. The standard InChI is InChI=1S/C29H43N3O11S/c1-9-10-19(34)40-13-43-28(39)31-12-17(11-18(31)24(35)30(7)8)44-23-15(2)21-20(16(3)33)25(36)32(21)22(23)26(37)41-14-42-27(38)29(4,5)6/h15-18,20-21,33H,9-14H2,1-8H3/t15-,16-,17+,18+,20-,21-/m1/s1. The highest BCUT2D eigenvalue weighted by Crippen LogP contribution is 2.52. The molecule has 1 N–H and O–H groups in total. The summed E-state index contributed by atoms with van der Waals surface area (Å²) in [7, 11) is 3.13. The summed E-state index contributed by atoms with van der Waals surface area (Å²) in [6.07, 6.45) is -0.822. The SMILES string of the molecule is CCCC(=O)OCOC(=O)N1C[C@@H](SC2=C(C(=O)OCOC(=O)C(C)(C)C)N3C(=O)[C@H]([C@@H](C)O)[C@H]3[C@H]2C)C[C@H]1C(=O)N(C)C. The maximum atomic E-state index is 13.3. The number of hydrogen-bond acceptors (Lipinski definition) is 12. The van der Waals surface area contributed by atoms with Crippen LogP contribution in [0.25, 0.3) is 0 Å². The molecule has 0 aliphatic carbocycles. The molecular formula is C29H43N3O11S. The van der Waals surface area contributed by atoms with Crippen molar-refractivity contribution < 1.29 is 52.8 Å². The van der Waals surface area contributed by atoms with Crippen LogP contribution in [0.5, 0.6) is 0 Å². The Balaban J connectivity index is 1.82. The largest absolute Gasteiger partial charge is 0.428 e. The smallest absolute Gasteiger partial charge is 0.413 e. The number of likely N-dealkylation sites (tertiary alicyclic amines) is 1. The van der Waals surface area contributed by atoms with Crippen molar-refractivity contribution in [3.8, 4) is 0 Å². The number of carbonyl (C=O) groups is 6. The Bertz CT molecular complexity index is 1200. The molecule has 0 radical (unpaired) electrons. The first-order valence-electron chi connectivity index (χ1n) is 14.6. The van der Waals surface area contributed by atoms with Gasteiger partial charge >= 0.3 is 24.0 Å².